The van der Waals surface area contributed by atoms with Crippen molar-refractivity contribution < 1.29 is 8.42 Å². The molecule has 2 unspecified atom stereocenters. The predicted octanol–water partition coefficient (Wildman–Crippen LogP) is 0.926. The predicted molar refractivity (Wildman–Crippen MR) is 77.9 cm³/mol. The molecule has 6 nitrogen and oxygen atoms in total. The van der Waals surface area contributed by atoms with Gasteiger partial charge in [-0.3, -0.25) is 4.68 Å². The quantitative estimate of drug-likeness (QED) is 0.783. The van der Waals surface area contributed by atoms with E-state index in [4.69, 9.17) is 5.73 Å². The lowest BCUT2D eigenvalue weighted by Crippen LogP contribution is -2.28. The third-order valence-corrected chi connectivity index (χ3v) is 5.55. The smallest absolute Gasteiger partial charge is 0.244 e. The Balaban J connectivity index is 2.18. The van der Waals surface area contributed by atoms with Crippen LogP contribution in [0, 0.1) is 19.8 Å². The highest BCUT2D eigenvalue weighted by molar-refractivity contribution is 7.89. The third kappa shape index (κ3) is 3.05. The van der Waals surface area contributed by atoms with Gasteiger partial charge in [0, 0.05) is 12.6 Å². The molecule has 1 fully saturated rings. The highest BCUT2D eigenvalue weighted by Gasteiger charge is 2.40. The molecule has 0 amide bonds. The van der Waals surface area contributed by atoms with Gasteiger partial charge in [-0.15, -0.1) is 0 Å². The number of aromatic nitrogens is 2. The zero-order valence-electron chi connectivity index (χ0n) is 12.4. The largest absolute Gasteiger partial charge is 0.329 e. The van der Waals surface area contributed by atoms with Crippen LogP contribution in [0.15, 0.2) is 4.90 Å². The van der Waals surface area contributed by atoms with Crippen molar-refractivity contribution in [2.45, 2.75) is 57.5 Å². The van der Waals surface area contributed by atoms with Gasteiger partial charge in [0.05, 0.1) is 17.9 Å². The van der Waals surface area contributed by atoms with E-state index in [1.165, 1.54) is 0 Å². The van der Waals surface area contributed by atoms with Gasteiger partial charge >= 0.3 is 0 Å². The summed E-state index contributed by atoms with van der Waals surface area (Å²) in [5.74, 6) is 0.495. The number of aryl methyl sites for hydroxylation is 1. The summed E-state index contributed by atoms with van der Waals surface area (Å²) in [5.41, 5.74) is 6.71. The Morgan fingerprint density at radius 1 is 1.45 bits per heavy atom. The molecule has 20 heavy (non-hydrogen) atoms. The van der Waals surface area contributed by atoms with E-state index in [-0.39, 0.29) is 6.04 Å². The van der Waals surface area contributed by atoms with Gasteiger partial charge in [0.25, 0.3) is 0 Å². The fraction of sp³-hybridized carbons (Fsp3) is 0.769. The molecule has 2 rings (SSSR count). The lowest BCUT2D eigenvalue weighted by molar-refractivity contribution is 0.570. The fourth-order valence-corrected chi connectivity index (χ4v) is 4.48. The molecule has 1 aliphatic carbocycles. The number of sulfonamides is 1. The normalized spacial score (nSPS) is 22.2. The molecule has 0 radical (unpaired) electrons. The number of hydrogen-bond acceptors (Lipinski definition) is 4. The summed E-state index contributed by atoms with van der Waals surface area (Å²) >= 11 is 0. The summed E-state index contributed by atoms with van der Waals surface area (Å²) in [5, 5.41) is 4.27. The zero-order valence-corrected chi connectivity index (χ0v) is 13.2. The van der Waals surface area contributed by atoms with E-state index >= 15 is 0 Å². The number of rotatable bonds is 7. The molecule has 3 N–H and O–H groups in total. The van der Waals surface area contributed by atoms with Crippen LogP contribution in [0.2, 0.25) is 0 Å². The SMILES string of the molecule is CCCC1CC1NS(=O)(=O)c1c(C)nn(CCN)c1C. The molecule has 2 atom stereocenters. The standard InChI is InChI=1S/C13H24N4O2S/c1-4-5-11-8-12(11)16-20(18,19)13-9(2)15-17(7-6-14)10(13)3/h11-12,16H,4-8,14H2,1-3H3. The van der Waals surface area contributed by atoms with Crippen molar-refractivity contribution in [2.75, 3.05) is 6.54 Å². The van der Waals surface area contributed by atoms with E-state index in [0.717, 1.165) is 19.3 Å². The Bertz CT molecular complexity index is 579. The molecular formula is C13H24N4O2S. The molecule has 0 spiro atoms. The molecule has 0 aliphatic heterocycles. The molecule has 1 aromatic heterocycles. The Morgan fingerprint density at radius 2 is 2.15 bits per heavy atom. The van der Waals surface area contributed by atoms with Crippen molar-refractivity contribution in [1.82, 2.24) is 14.5 Å². The number of nitrogens with one attached hydrogen (secondary N) is 1. The van der Waals surface area contributed by atoms with Crippen LogP contribution in [0.3, 0.4) is 0 Å². The molecule has 114 valence electrons. The van der Waals surface area contributed by atoms with Gasteiger partial charge in [0.2, 0.25) is 10.0 Å². The summed E-state index contributed by atoms with van der Waals surface area (Å²) in [6, 6.07) is 0.0941. The van der Waals surface area contributed by atoms with E-state index in [2.05, 4.69) is 16.7 Å². The Labute approximate surface area is 120 Å². The highest BCUT2D eigenvalue weighted by atomic mass is 32.2. The Morgan fingerprint density at radius 3 is 2.75 bits per heavy atom. The molecule has 1 heterocycles. The second-order valence-electron chi connectivity index (χ2n) is 5.52. The molecular weight excluding hydrogens is 276 g/mol. The molecule has 1 aliphatic rings. The second kappa shape index (κ2) is 5.83. The topological polar surface area (TPSA) is 90.0 Å². The van der Waals surface area contributed by atoms with Crippen LogP contribution in [-0.2, 0) is 16.6 Å². The molecule has 7 heteroatoms. The van der Waals surface area contributed by atoms with Crippen molar-refractivity contribution in [1.29, 1.82) is 0 Å². The maximum Gasteiger partial charge on any atom is 0.244 e. The van der Waals surface area contributed by atoms with Crippen LogP contribution in [0.25, 0.3) is 0 Å². The Hall–Kier alpha value is -0.920. The van der Waals surface area contributed by atoms with Crippen molar-refractivity contribution >= 4 is 10.0 Å². The lowest BCUT2D eigenvalue weighted by atomic mass is 10.2. The van der Waals surface area contributed by atoms with E-state index < -0.39 is 10.0 Å². The van der Waals surface area contributed by atoms with Gasteiger partial charge in [-0.1, -0.05) is 13.3 Å². The summed E-state index contributed by atoms with van der Waals surface area (Å²) < 4.78 is 29.5. The highest BCUT2D eigenvalue weighted by Crippen LogP contribution is 2.36. The molecule has 0 saturated heterocycles. The van der Waals surface area contributed by atoms with E-state index in [1.807, 2.05) is 0 Å². The maximum atomic E-state index is 12.5. The second-order valence-corrected chi connectivity index (χ2v) is 7.17. The van der Waals surface area contributed by atoms with Crippen molar-refractivity contribution in [3.05, 3.63) is 11.4 Å². The van der Waals surface area contributed by atoms with Crippen LogP contribution in [0.5, 0.6) is 0 Å². The van der Waals surface area contributed by atoms with Crippen LogP contribution in [0.4, 0.5) is 0 Å². The van der Waals surface area contributed by atoms with Gasteiger partial charge in [-0.05, 0) is 32.6 Å². The number of nitrogens with two attached hydrogens (primary N) is 1. The number of hydrogen-bond donors (Lipinski definition) is 2. The van der Waals surface area contributed by atoms with Crippen LogP contribution < -0.4 is 10.5 Å². The first-order valence-electron chi connectivity index (χ1n) is 7.17. The molecule has 0 aromatic carbocycles. The minimum atomic E-state index is -3.48. The molecule has 1 saturated carbocycles. The monoisotopic (exact) mass is 300 g/mol. The summed E-state index contributed by atoms with van der Waals surface area (Å²) in [7, 11) is -3.48. The first-order valence-corrected chi connectivity index (χ1v) is 8.65. The van der Waals surface area contributed by atoms with Gasteiger partial charge < -0.3 is 5.73 Å². The first-order chi connectivity index (χ1) is 9.40. The number of nitrogens with zero attached hydrogens (tertiary/aromatic N) is 2. The van der Waals surface area contributed by atoms with Gasteiger partial charge in [0.1, 0.15) is 4.90 Å². The van der Waals surface area contributed by atoms with Crippen LogP contribution in [-0.4, -0.2) is 30.8 Å². The van der Waals surface area contributed by atoms with Crippen molar-refractivity contribution in [3.8, 4) is 0 Å². The maximum absolute atomic E-state index is 12.5. The minimum absolute atomic E-state index is 0.0941. The van der Waals surface area contributed by atoms with Gasteiger partial charge in [0.15, 0.2) is 0 Å². The average molecular weight is 300 g/mol. The zero-order chi connectivity index (χ0) is 14.9. The van der Waals surface area contributed by atoms with E-state index in [0.29, 0.717) is 35.3 Å². The van der Waals surface area contributed by atoms with Crippen LogP contribution in [0.1, 0.15) is 37.6 Å². The Kier molecular flexibility index (Phi) is 4.51. The van der Waals surface area contributed by atoms with Gasteiger partial charge in [-0.25, -0.2) is 13.1 Å². The van der Waals surface area contributed by atoms with Crippen molar-refractivity contribution in [2.24, 2.45) is 11.7 Å². The molecule has 1 aromatic rings. The molecule has 0 bridgehead atoms. The average Bonchev–Trinajstić information content (AvgIpc) is 2.97. The fourth-order valence-electron chi connectivity index (χ4n) is 2.75. The van der Waals surface area contributed by atoms with Gasteiger partial charge in [-0.2, -0.15) is 5.10 Å². The minimum Gasteiger partial charge on any atom is -0.329 e. The van der Waals surface area contributed by atoms with E-state index in [9.17, 15) is 8.42 Å². The summed E-state index contributed by atoms with van der Waals surface area (Å²) in [4.78, 5) is 0.313. The lowest BCUT2D eigenvalue weighted by Gasteiger charge is -2.07. The summed E-state index contributed by atoms with van der Waals surface area (Å²) in [6.45, 7) is 6.60. The van der Waals surface area contributed by atoms with E-state index in [1.54, 1.807) is 18.5 Å². The third-order valence-electron chi connectivity index (χ3n) is 3.81. The van der Waals surface area contributed by atoms with Crippen molar-refractivity contribution in [3.63, 3.8) is 0 Å². The first kappa shape index (κ1) is 15.5. The van der Waals surface area contributed by atoms with Crippen LogP contribution >= 0.6 is 0 Å². The summed E-state index contributed by atoms with van der Waals surface area (Å²) in [6.07, 6.45) is 3.12.